The van der Waals surface area contributed by atoms with Gasteiger partial charge < -0.3 is 0 Å². The lowest BCUT2D eigenvalue weighted by atomic mass is 10.2. The molecule has 0 amide bonds. The van der Waals surface area contributed by atoms with E-state index in [1.54, 1.807) is 24.8 Å². The van der Waals surface area contributed by atoms with Crippen molar-refractivity contribution in [1.82, 2.24) is 19.9 Å². The Kier molecular flexibility index (Phi) is 11.4. The van der Waals surface area contributed by atoms with Crippen molar-refractivity contribution in [2.45, 2.75) is 55.0 Å². The summed E-state index contributed by atoms with van der Waals surface area (Å²) >= 11 is 25.0. The Hall–Kier alpha value is -1.12. The standard InChI is InChI=1S/C26H26N4S8/c1-19(35(31)21-11-3-7-15-27-21)25(37(33)23-13-5-9-17-29-23)26(38(34)24-14-6-10-18-30-24)20(2)36(32)22-12-4-8-16-28-22/h3-20,25-26H,1-2H3. The van der Waals surface area contributed by atoms with Crippen molar-refractivity contribution in [3.8, 4) is 0 Å². The van der Waals surface area contributed by atoms with Gasteiger partial charge in [0.25, 0.3) is 0 Å². The first kappa shape index (κ1) is 29.9. The first-order chi connectivity index (χ1) is 18.4. The minimum Gasteiger partial charge on any atom is -0.250 e. The Morgan fingerprint density at radius 1 is 0.447 bits per heavy atom. The van der Waals surface area contributed by atoms with Crippen LogP contribution in [0.2, 0.25) is 0 Å². The lowest BCUT2D eigenvalue weighted by Gasteiger charge is -2.37. The minimum absolute atomic E-state index is 0.00702. The molecule has 0 saturated heterocycles. The summed E-state index contributed by atoms with van der Waals surface area (Å²) in [6.45, 7) is 4.38. The molecule has 198 valence electrons. The van der Waals surface area contributed by atoms with E-state index in [0.717, 1.165) is 20.1 Å². The van der Waals surface area contributed by atoms with Gasteiger partial charge in [-0.2, -0.15) is 0 Å². The van der Waals surface area contributed by atoms with Crippen molar-refractivity contribution in [1.29, 1.82) is 0 Å². The molecule has 0 fully saturated rings. The quantitative estimate of drug-likeness (QED) is 0.233. The number of hydrogen-bond acceptors (Lipinski definition) is 8. The van der Waals surface area contributed by atoms with Crippen molar-refractivity contribution in [2.24, 2.45) is 0 Å². The van der Waals surface area contributed by atoms with Gasteiger partial charge in [-0.1, -0.05) is 75.9 Å². The van der Waals surface area contributed by atoms with Gasteiger partial charge >= 0.3 is 0 Å². The molecule has 38 heavy (non-hydrogen) atoms. The van der Waals surface area contributed by atoms with Crippen LogP contribution < -0.4 is 0 Å². The zero-order valence-corrected chi connectivity index (χ0v) is 27.1. The van der Waals surface area contributed by atoms with E-state index in [1.165, 1.54) is 0 Å². The van der Waals surface area contributed by atoms with E-state index < -0.39 is 37.8 Å². The first-order valence-corrected chi connectivity index (χ1v) is 20.5. The number of rotatable bonds is 11. The zero-order valence-electron chi connectivity index (χ0n) is 20.6. The van der Waals surface area contributed by atoms with Crippen LogP contribution in [-0.4, -0.2) is 40.9 Å². The summed E-state index contributed by atoms with van der Waals surface area (Å²) in [5.74, 6) is 0. The van der Waals surface area contributed by atoms with Crippen molar-refractivity contribution in [2.75, 3.05) is 0 Å². The van der Waals surface area contributed by atoms with Gasteiger partial charge in [-0.25, -0.2) is 19.9 Å². The topological polar surface area (TPSA) is 51.6 Å². The maximum atomic E-state index is 6.33. The van der Waals surface area contributed by atoms with E-state index >= 15 is 0 Å². The molecule has 0 aliphatic carbocycles. The van der Waals surface area contributed by atoms with E-state index in [9.17, 15) is 0 Å². The summed E-state index contributed by atoms with van der Waals surface area (Å²) in [5.41, 5.74) is 0. The highest BCUT2D eigenvalue weighted by Crippen LogP contribution is 2.31. The van der Waals surface area contributed by atoms with Gasteiger partial charge in [0.05, 0.1) is 0 Å². The smallest absolute Gasteiger partial charge is 0.101 e. The SMILES string of the molecule is CC(C(C(C(C)S(=S)c1ccccn1)S(=S)c1ccccn1)S(=S)c1ccccn1)S(=S)c1ccccn1. The minimum atomic E-state index is -0.679. The summed E-state index contributed by atoms with van der Waals surface area (Å²) < 4.78 is 0. The first-order valence-electron chi connectivity index (χ1n) is 11.7. The van der Waals surface area contributed by atoms with Gasteiger partial charge in [0.15, 0.2) is 0 Å². The number of pyridine rings is 4. The van der Waals surface area contributed by atoms with Crippen LogP contribution in [0.4, 0.5) is 0 Å². The molecule has 0 saturated carbocycles. The van der Waals surface area contributed by atoms with Crippen LogP contribution in [0.5, 0.6) is 0 Å². The normalized spacial score (nSPS) is 17.8. The molecule has 8 unspecified atom stereocenters. The summed E-state index contributed by atoms with van der Waals surface area (Å²) in [5, 5.41) is 3.41. The van der Waals surface area contributed by atoms with E-state index in [2.05, 4.69) is 33.8 Å². The number of aromatic nitrogens is 4. The van der Waals surface area contributed by atoms with Crippen LogP contribution in [0.15, 0.2) is 118 Å². The molecule has 4 aromatic heterocycles. The van der Waals surface area contributed by atoms with Crippen molar-refractivity contribution >= 4 is 82.6 Å². The molecule has 0 radical (unpaired) electrons. The molecule has 0 aliphatic heterocycles. The maximum Gasteiger partial charge on any atom is 0.101 e. The molecule has 4 aromatic rings. The van der Waals surface area contributed by atoms with Gasteiger partial charge in [0, 0.05) is 45.8 Å². The van der Waals surface area contributed by atoms with Crippen LogP contribution in [0.25, 0.3) is 0 Å². The van der Waals surface area contributed by atoms with Crippen LogP contribution in [0.3, 0.4) is 0 Å². The third kappa shape index (κ3) is 7.14. The van der Waals surface area contributed by atoms with Crippen molar-refractivity contribution in [3.05, 3.63) is 97.6 Å². The Morgan fingerprint density at radius 2 is 0.711 bits per heavy atom. The van der Waals surface area contributed by atoms with E-state index in [4.69, 9.17) is 44.8 Å². The van der Waals surface area contributed by atoms with Gasteiger partial charge in [-0.15, -0.1) is 0 Å². The monoisotopic (exact) mass is 650 g/mol. The fourth-order valence-corrected chi connectivity index (χ4v) is 16.3. The predicted molar refractivity (Wildman–Crippen MR) is 175 cm³/mol. The largest absolute Gasteiger partial charge is 0.250 e. The molecule has 4 nitrogen and oxygen atoms in total. The average Bonchev–Trinajstić information content (AvgIpc) is 2.99. The number of hydrogen-bond donors (Lipinski definition) is 0. The van der Waals surface area contributed by atoms with Gasteiger partial charge in [0.1, 0.15) is 20.1 Å². The highest BCUT2D eigenvalue weighted by Gasteiger charge is 2.40. The average molecular weight is 651 g/mol. The highest BCUT2D eigenvalue weighted by molar-refractivity contribution is 8.34. The van der Waals surface area contributed by atoms with E-state index in [0.29, 0.717) is 0 Å². The summed E-state index contributed by atoms with van der Waals surface area (Å²) in [6.07, 6.45) is 7.18. The third-order valence-electron chi connectivity index (χ3n) is 5.79. The Bertz CT molecular complexity index is 1310. The molecule has 4 rings (SSSR count). The molecule has 4 heterocycles. The van der Waals surface area contributed by atoms with Crippen LogP contribution in [-0.2, 0) is 82.6 Å². The molecular formula is C26H26N4S8. The van der Waals surface area contributed by atoms with Crippen LogP contribution in [0.1, 0.15) is 13.8 Å². The van der Waals surface area contributed by atoms with Gasteiger partial charge in [-0.05, 0) is 93.3 Å². The lowest BCUT2D eigenvalue weighted by Crippen LogP contribution is -2.49. The second-order valence-corrected chi connectivity index (χ2v) is 19.1. The van der Waals surface area contributed by atoms with Gasteiger partial charge in [-0.3, -0.25) is 0 Å². The summed E-state index contributed by atoms with van der Waals surface area (Å²) in [4.78, 5) is 18.5. The van der Waals surface area contributed by atoms with Crippen molar-refractivity contribution < 1.29 is 0 Å². The third-order valence-corrected chi connectivity index (χ3v) is 18.5. The summed E-state index contributed by atoms with van der Waals surface area (Å²) in [7, 11) is -2.55. The van der Waals surface area contributed by atoms with E-state index in [1.807, 2.05) is 72.8 Å². The Morgan fingerprint density at radius 3 is 0.947 bits per heavy atom. The fraction of sp³-hybridized carbons (Fsp3) is 0.231. The maximum absolute atomic E-state index is 6.33. The van der Waals surface area contributed by atoms with Crippen LogP contribution >= 0.6 is 0 Å². The molecule has 12 heteroatoms. The van der Waals surface area contributed by atoms with Crippen molar-refractivity contribution in [3.63, 3.8) is 0 Å². The molecule has 8 atom stereocenters. The summed E-state index contributed by atoms with van der Waals surface area (Å²) in [6, 6.07) is 23.6. The molecule has 0 bridgehead atoms. The fourth-order valence-electron chi connectivity index (χ4n) is 3.89. The molecule has 0 spiro atoms. The number of nitrogens with zero attached hydrogens (tertiary/aromatic N) is 4. The zero-order chi connectivity index (χ0) is 27.1. The molecule has 0 aliphatic rings. The highest BCUT2D eigenvalue weighted by atomic mass is 32.8. The van der Waals surface area contributed by atoms with E-state index in [-0.39, 0.29) is 21.0 Å². The Labute approximate surface area is 252 Å². The van der Waals surface area contributed by atoms with Gasteiger partial charge in [0.2, 0.25) is 0 Å². The predicted octanol–water partition coefficient (Wildman–Crippen LogP) is 4.64. The lowest BCUT2D eigenvalue weighted by molar-refractivity contribution is 0.746. The Balaban J connectivity index is 1.86. The molecule has 0 N–H and O–H groups in total. The molecular weight excluding hydrogens is 625 g/mol. The second kappa shape index (κ2) is 14.5. The molecule has 0 aromatic carbocycles. The second-order valence-electron chi connectivity index (χ2n) is 8.20. The van der Waals surface area contributed by atoms with Crippen LogP contribution in [0, 0.1) is 0 Å².